The fourth-order valence-electron chi connectivity index (χ4n) is 0. The Labute approximate surface area is 40.5 Å². The van der Waals surface area contributed by atoms with E-state index in [9.17, 15) is 0 Å². The van der Waals surface area contributed by atoms with Crippen LogP contribution in [-0.4, -0.2) is 25.7 Å². The Bertz CT molecular complexity index is 76.1. The van der Waals surface area contributed by atoms with Gasteiger partial charge in [-0.2, -0.15) is 0 Å². The quantitative estimate of drug-likeness (QED) is 0.426. The van der Waals surface area contributed by atoms with Crippen molar-refractivity contribution in [1.29, 1.82) is 0 Å². The highest BCUT2D eigenvalue weighted by Crippen LogP contribution is 1.42. The molecule has 0 rings (SSSR count). The van der Waals surface area contributed by atoms with E-state index in [2.05, 4.69) is 0 Å². The van der Waals surface area contributed by atoms with Crippen molar-refractivity contribution in [3.05, 3.63) is 0 Å². The standard InChI is InChI=1S/CH2O3.O2Si/c2-1(3)4;1-3-2/h(H2,2,3,4);. The van der Waals surface area contributed by atoms with Gasteiger partial charge in [0, 0.05) is 0 Å². The van der Waals surface area contributed by atoms with Crippen LogP contribution in [0.15, 0.2) is 0 Å². The summed E-state index contributed by atoms with van der Waals surface area (Å²) < 4.78 is 16.8. The van der Waals surface area contributed by atoms with Crippen LogP contribution in [-0.2, 0) is 8.92 Å². The van der Waals surface area contributed by atoms with E-state index >= 15 is 0 Å². The minimum Gasteiger partial charge on any atom is -0.450 e. The van der Waals surface area contributed by atoms with Crippen LogP contribution < -0.4 is 0 Å². The van der Waals surface area contributed by atoms with E-state index in [1.807, 2.05) is 0 Å². The van der Waals surface area contributed by atoms with E-state index in [1.165, 1.54) is 0 Å². The summed E-state index contributed by atoms with van der Waals surface area (Å²) in [5.41, 5.74) is 0. The molecular weight excluding hydrogens is 120 g/mol. The molecule has 0 bridgehead atoms. The average molecular weight is 122 g/mol. The molecule has 5 nitrogen and oxygen atoms in total. The highest BCUT2D eigenvalue weighted by molar-refractivity contribution is 5.94. The SMILES string of the molecule is O=C(O)O.O=[Si]=O. The fraction of sp³-hybridized carbons (Fsp3) is 0. The lowest BCUT2D eigenvalue weighted by Gasteiger charge is -1.60. The molecule has 40 valence electrons. The van der Waals surface area contributed by atoms with Gasteiger partial charge in [0.05, 0.1) is 0 Å². The largest absolute Gasteiger partial charge is 0.549 e. The van der Waals surface area contributed by atoms with Gasteiger partial charge in [-0.15, -0.1) is 0 Å². The molecule has 0 saturated carbocycles. The number of carbonyl (C=O) groups is 1. The van der Waals surface area contributed by atoms with Gasteiger partial charge in [-0.3, -0.25) is 8.92 Å². The van der Waals surface area contributed by atoms with Gasteiger partial charge in [0.2, 0.25) is 0 Å². The Hall–Kier alpha value is -0.913. The molecule has 0 heterocycles. The first-order chi connectivity index (χ1) is 3.15. The molecule has 0 radical (unpaired) electrons. The second-order valence-electron chi connectivity index (χ2n) is 0.366. The first-order valence-corrected chi connectivity index (χ1v) is 1.88. The maximum Gasteiger partial charge on any atom is 0.549 e. The summed E-state index contributed by atoms with van der Waals surface area (Å²) in [6.45, 7) is 0. The topological polar surface area (TPSA) is 91.7 Å². The third-order valence-corrected chi connectivity index (χ3v) is 0. The van der Waals surface area contributed by atoms with E-state index in [1.54, 1.807) is 0 Å². The second kappa shape index (κ2) is 8.92. The first kappa shape index (κ1) is 9.43. The van der Waals surface area contributed by atoms with Crippen molar-refractivity contribution in [1.82, 2.24) is 0 Å². The molecule has 0 saturated heterocycles. The van der Waals surface area contributed by atoms with Crippen molar-refractivity contribution in [3.63, 3.8) is 0 Å². The van der Waals surface area contributed by atoms with Gasteiger partial charge in [0.1, 0.15) is 0 Å². The Balaban J connectivity index is 0. The van der Waals surface area contributed by atoms with E-state index in [0.717, 1.165) is 0 Å². The summed E-state index contributed by atoms with van der Waals surface area (Å²) in [5, 5.41) is 13.9. The number of carboxylic acid groups (broad SMARTS) is 2. The van der Waals surface area contributed by atoms with Gasteiger partial charge in [-0.05, 0) is 0 Å². The molecule has 0 aliphatic carbocycles. The van der Waals surface area contributed by atoms with Crippen molar-refractivity contribution in [2.75, 3.05) is 0 Å². The summed E-state index contributed by atoms with van der Waals surface area (Å²) in [6.07, 6.45) is -1.83. The predicted molar refractivity (Wildman–Crippen MR) is 17.8 cm³/mol. The minimum absolute atomic E-state index is 1.42. The summed E-state index contributed by atoms with van der Waals surface area (Å²) >= 11 is 0. The van der Waals surface area contributed by atoms with Crippen LogP contribution >= 0.6 is 0 Å². The molecule has 0 aliphatic heterocycles. The van der Waals surface area contributed by atoms with E-state index in [4.69, 9.17) is 23.9 Å². The number of hydrogen-bond acceptors (Lipinski definition) is 3. The van der Waals surface area contributed by atoms with Gasteiger partial charge in [-0.25, -0.2) is 4.79 Å². The zero-order valence-electron chi connectivity index (χ0n) is 3.12. The maximum atomic E-state index is 8.56. The van der Waals surface area contributed by atoms with Crippen molar-refractivity contribution < 1.29 is 23.9 Å². The summed E-state index contributed by atoms with van der Waals surface area (Å²) in [7, 11) is -1.42. The van der Waals surface area contributed by atoms with Crippen LogP contribution in [0.1, 0.15) is 0 Å². The molecule has 6 heteroatoms. The van der Waals surface area contributed by atoms with Gasteiger partial charge in [0.15, 0.2) is 0 Å². The van der Waals surface area contributed by atoms with E-state index < -0.39 is 15.4 Å². The average Bonchev–Trinajstić information content (AvgIpc) is 1.33. The molecule has 7 heavy (non-hydrogen) atoms. The van der Waals surface area contributed by atoms with Crippen LogP contribution in [0.4, 0.5) is 4.79 Å². The Morgan fingerprint density at radius 1 is 1.29 bits per heavy atom. The Morgan fingerprint density at radius 3 is 1.29 bits per heavy atom. The molecule has 0 atom stereocenters. The van der Waals surface area contributed by atoms with Gasteiger partial charge >= 0.3 is 15.4 Å². The van der Waals surface area contributed by atoms with E-state index in [0.29, 0.717) is 0 Å². The lowest BCUT2D eigenvalue weighted by molar-refractivity contribution is 0.137. The maximum absolute atomic E-state index is 8.56. The zero-order valence-corrected chi connectivity index (χ0v) is 4.12. The van der Waals surface area contributed by atoms with E-state index in [-0.39, 0.29) is 0 Å². The smallest absolute Gasteiger partial charge is 0.450 e. The van der Waals surface area contributed by atoms with Gasteiger partial charge in [0.25, 0.3) is 0 Å². The molecular formula is CH2O5Si. The number of hydrogen-bond donors (Lipinski definition) is 2. The van der Waals surface area contributed by atoms with Crippen LogP contribution in [0, 0.1) is 0 Å². The Morgan fingerprint density at radius 2 is 1.29 bits per heavy atom. The van der Waals surface area contributed by atoms with Crippen LogP contribution in [0.5, 0.6) is 0 Å². The lowest BCUT2D eigenvalue weighted by atomic mass is 11.5. The van der Waals surface area contributed by atoms with Gasteiger partial charge < -0.3 is 10.2 Å². The summed E-state index contributed by atoms with van der Waals surface area (Å²) in [5.74, 6) is 0. The molecule has 0 unspecified atom stereocenters. The van der Waals surface area contributed by atoms with Gasteiger partial charge in [-0.1, -0.05) is 0 Å². The highest BCUT2D eigenvalue weighted by atomic mass is 28.2. The molecule has 0 aromatic heterocycles. The monoisotopic (exact) mass is 122 g/mol. The zero-order chi connectivity index (χ0) is 6.28. The predicted octanol–water partition coefficient (Wildman–Crippen LogP) is -0.396. The molecule has 2 N–H and O–H groups in total. The number of rotatable bonds is 0. The van der Waals surface area contributed by atoms with Crippen LogP contribution in [0.2, 0.25) is 0 Å². The second-order valence-corrected chi connectivity index (χ2v) is 0.533. The summed E-state index contributed by atoms with van der Waals surface area (Å²) in [6, 6.07) is 0. The third-order valence-electron chi connectivity index (χ3n) is 0. The summed E-state index contributed by atoms with van der Waals surface area (Å²) in [4.78, 5) is 8.56. The van der Waals surface area contributed by atoms with Crippen molar-refractivity contribution in [2.45, 2.75) is 0 Å². The molecule has 0 fully saturated rings. The molecule has 0 amide bonds. The van der Waals surface area contributed by atoms with Crippen molar-refractivity contribution in [3.8, 4) is 0 Å². The normalized spacial score (nSPS) is 4.57. The van der Waals surface area contributed by atoms with Crippen LogP contribution in [0.3, 0.4) is 0 Å². The first-order valence-electron chi connectivity index (χ1n) is 1.06. The molecule has 0 aliphatic rings. The fourth-order valence-corrected chi connectivity index (χ4v) is 0. The lowest BCUT2D eigenvalue weighted by Crippen LogP contribution is -1.81. The van der Waals surface area contributed by atoms with Crippen LogP contribution in [0.25, 0.3) is 0 Å². The molecule has 0 spiro atoms. The highest BCUT2D eigenvalue weighted by Gasteiger charge is 1.70. The Kier molecular flexibility index (Phi) is 12.0. The molecule has 0 aromatic carbocycles. The third kappa shape index (κ3) is 58.1. The molecule has 0 aromatic rings. The van der Waals surface area contributed by atoms with Crippen molar-refractivity contribution >= 4 is 15.4 Å². The van der Waals surface area contributed by atoms with Crippen molar-refractivity contribution in [2.24, 2.45) is 0 Å². The minimum atomic E-state index is -1.83.